The first-order chi connectivity index (χ1) is 15.2. The molecule has 3 aromatic rings. The van der Waals surface area contributed by atoms with Crippen LogP contribution in [0.25, 0.3) is 10.9 Å². The summed E-state index contributed by atoms with van der Waals surface area (Å²) in [4.78, 5) is 30.9. The van der Waals surface area contributed by atoms with Gasteiger partial charge in [0.25, 0.3) is 5.91 Å². The summed E-state index contributed by atoms with van der Waals surface area (Å²) < 4.78 is 7.03. The van der Waals surface area contributed by atoms with Crippen LogP contribution in [0.5, 0.6) is 0 Å². The van der Waals surface area contributed by atoms with Gasteiger partial charge in [0.05, 0.1) is 12.1 Å². The average molecular weight is 417 g/mol. The van der Waals surface area contributed by atoms with E-state index < -0.39 is 5.92 Å². The van der Waals surface area contributed by atoms with Crippen LogP contribution in [0.1, 0.15) is 59.8 Å². The van der Waals surface area contributed by atoms with E-state index in [-0.39, 0.29) is 18.5 Å². The van der Waals surface area contributed by atoms with E-state index in [0.717, 1.165) is 35.7 Å². The molecule has 1 aliphatic heterocycles. The number of hydrogen-bond acceptors (Lipinski definition) is 4. The van der Waals surface area contributed by atoms with Crippen molar-refractivity contribution < 1.29 is 14.3 Å². The maximum Gasteiger partial charge on any atom is 0.320 e. The highest BCUT2D eigenvalue weighted by atomic mass is 16.5. The lowest BCUT2D eigenvalue weighted by Gasteiger charge is -2.16. The SMILES string of the molecule is CCCCc1ccc(C(=O)n2c3c(c4ccccc42)CCN=CC3C(=O)OCC)cc1. The number of carbonyl (C=O) groups is 2. The summed E-state index contributed by atoms with van der Waals surface area (Å²) in [6.07, 6.45) is 5.59. The van der Waals surface area contributed by atoms with Gasteiger partial charge in [-0.15, -0.1) is 0 Å². The van der Waals surface area contributed by atoms with Gasteiger partial charge >= 0.3 is 5.97 Å². The number of rotatable bonds is 6. The summed E-state index contributed by atoms with van der Waals surface area (Å²) in [6, 6.07) is 15.7. The Labute approximate surface area is 182 Å². The van der Waals surface area contributed by atoms with Crippen LogP contribution in [0.2, 0.25) is 0 Å². The molecule has 1 aromatic heterocycles. The van der Waals surface area contributed by atoms with E-state index >= 15 is 0 Å². The second-order valence-corrected chi connectivity index (χ2v) is 7.86. The number of aryl methyl sites for hydroxylation is 1. The number of unbranched alkanes of at least 4 members (excludes halogenated alkanes) is 1. The third-order valence-corrected chi connectivity index (χ3v) is 5.82. The Morgan fingerprint density at radius 2 is 1.87 bits per heavy atom. The largest absolute Gasteiger partial charge is 0.465 e. The van der Waals surface area contributed by atoms with Crippen LogP contribution < -0.4 is 0 Å². The zero-order valence-electron chi connectivity index (χ0n) is 18.1. The molecule has 1 atom stereocenters. The van der Waals surface area contributed by atoms with Gasteiger partial charge in [-0.2, -0.15) is 0 Å². The minimum Gasteiger partial charge on any atom is -0.465 e. The number of hydrogen-bond donors (Lipinski definition) is 0. The summed E-state index contributed by atoms with van der Waals surface area (Å²) in [5.74, 6) is -1.21. The lowest BCUT2D eigenvalue weighted by atomic mass is 9.99. The number of esters is 1. The van der Waals surface area contributed by atoms with E-state index in [4.69, 9.17) is 4.74 Å². The molecule has 0 N–H and O–H groups in total. The third-order valence-electron chi connectivity index (χ3n) is 5.82. The first kappa shape index (κ1) is 21.0. The van der Waals surface area contributed by atoms with Crippen molar-refractivity contribution in [2.75, 3.05) is 13.2 Å². The topological polar surface area (TPSA) is 60.7 Å². The highest BCUT2D eigenvalue weighted by Gasteiger charge is 2.32. The Morgan fingerprint density at radius 3 is 2.61 bits per heavy atom. The smallest absolute Gasteiger partial charge is 0.320 e. The molecule has 1 unspecified atom stereocenters. The molecule has 2 aromatic carbocycles. The van der Waals surface area contributed by atoms with Crippen LogP contribution in [0, 0.1) is 0 Å². The quantitative estimate of drug-likeness (QED) is 0.535. The van der Waals surface area contributed by atoms with Gasteiger partial charge in [-0.1, -0.05) is 43.7 Å². The number of carbonyl (C=O) groups excluding carboxylic acids is 2. The second-order valence-electron chi connectivity index (χ2n) is 7.86. The van der Waals surface area contributed by atoms with Gasteiger partial charge in [0.1, 0.15) is 5.92 Å². The zero-order valence-corrected chi connectivity index (χ0v) is 18.1. The number of para-hydroxylation sites is 1. The van der Waals surface area contributed by atoms with Crippen molar-refractivity contribution in [2.24, 2.45) is 4.99 Å². The van der Waals surface area contributed by atoms with E-state index in [0.29, 0.717) is 24.2 Å². The van der Waals surface area contributed by atoms with Crippen LogP contribution >= 0.6 is 0 Å². The van der Waals surface area contributed by atoms with Gasteiger partial charge < -0.3 is 4.74 Å². The van der Waals surface area contributed by atoms with Gasteiger partial charge in [0.15, 0.2) is 0 Å². The Balaban J connectivity index is 1.85. The fraction of sp³-hybridized carbons (Fsp3) is 0.346. The van der Waals surface area contributed by atoms with Crippen molar-refractivity contribution in [3.05, 3.63) is 70.9 Å². The average Bonchev–Trinajstić information content (AvgIpc) is 2.95. The molecule has 0 aliphatic carbocycles. The van der Waals surface area contributed by atoms with E-state index in [2.05, 4.69) is 11.9 Å². The van der Waals surface area contributed by atoms with Crippen molar-refractivity contribution >= 4 is 29.0 Å². The van der Waals surface area contributed by atoms with Crippen LogP contribution in [0.4, 0.5) is 0 Å². The van der Waals surface area contributed by atoms with Crippen LogP contribution in [0.3, 0.4) is 0 Å². The number of nitrogens with zero attached hydrogens (tertiary/aromatic N) is 2. The molecule has 2 heterocycles. The van der Waals surface area contributed by atoms with Crippen molar-refractivity contribution in [2.45, 2.75) is 45.4 Å². The predicted octanol–water partition coefficient (Wildman–Crippen LogP) is 4.95. The van der Waals surface area contributed by atoms with Crippen LogP contribution in [-0.4, -0.2) is 35.8 Å². The predicted molar refractivity (Wildman–Crippen MR) is 123 cm³/mol. The van der Waals surface area contributed by atoms with Gasteiger partial charge in [0, 0.05) is 29.4 Å². The molecule has 0 spiro atoms. The molecule has 5 nitrogen and oxygen atoms in total. The summed E-state index contributed by atoms with van der Waals surface area (Å²) in [5, 5.41) is 0.991. The Kier molecular flexibility index (Phi) is 6.31. The lowest BCUT2D eigenvalue weighted by Crippen LogP contribution is -2.24. The number of aromatic nitrogens is 1. The Bertz CT molecular complexity index is 1130. The summed E-state index contributed by atoms with van der Waals surface area (Å²) in [6.45, 7) is 4.82. The maximum atomic E-state index is 13.7. The summed E-state index contributed by atoms with van der Waals surface area (Å²) in [7, 11) is 0. The fourth-order valence-corrected chi connectivity index (χ4v) is 4.29. The molecule has 0 fully saturated rings. The fourth-order valence-electron chi connectivity index (χ4n) is 4.29. The van der Waals surface area contributed by atoms with E-state index in [9.17, 15) is 9.59 Å². The van der Waals surface area contributed by atoms with Crippen LogP contribution in [0.15, 0.2) is 53.5 Å². The van der Waals surface area contributed by atoms with Crippen molar-refractivity contribution in [1.29, 1.82) is 0 Å². The highest BCUT2D eigenvalue weighted by Crippen LogP contribution is 2.34. The number of ether oxygens (including phenoxy) is 1. The summed E-state index contributed by atoms with van der Waals surface area (Å²) >= 11 is 0. The van der Waals surface area contributed by atoms with Gasteiger partial charge in [0.2, 0.25) is 0 Å². The molecule has 4 rings (SSSR count). The van der Waals surface area contributed by atoms with Gasteiger partial charge in [-0.05, 0) is 55.5 Å². The molecule has 0 saturated heterocycles. The molecule has 0 saturated carbocycles. The first-order valence-electron chi connectivity index (χ1n) is 11.1. The van der Waals surface area contributed by atoms with Crippen molar-refractivity contribution in [3.63, 3.8) is 0 Å². The minimum absolute atomic E-state index is 0.135. The lowest BCUT2D eigenvalue weighted by molar-refractivity contribution is -0.143. The Morgan fingerprint density at radius 1 is 1.10 bits per heavy atom. The second kappa shape index (κ2) is 9.29. The minimum atomic E-state index is -0.697. The van der Waals surface area contributed by atoms with Crippen molar-refractivity contribution in [3.8, 4) is 0 Å². The van der Waals surface area contributed by atoms with Gasteiger partial charge in [-0.25, -0.2) is 0 Å². The molecule has 0 radical (unpaired) electrons. The normalized spacial score (nSPS) is 15.5. The third kappa shape index (κ3) is 4.05. The molecule has 31 heavy (non-hydrogen) atoms. The first-order valence-corrected chi connectivity index (χ1v) is 11.1. The van der Waals surface area contributed by atoms with E-state index in [1.54, 1.807) is 17.7 Å². The molecule has 0 amide bonds. The maximum absolute atomic E-state index is 13.7. The number of aliphatic imine (C=N–C) groups is 1. The molecule has 160 valence electrons. The van der Waals surface area contributed by atoms with E-state index in [1.165, 1.54) is 5.56 Å². The van der Waals surface area contributed by atoms with E-state index in [1.807, 2.05) is 48.5 Å². The molecule has 5 heteroatoms. The summed E-state index contributed by atoms with van der Waals surface area (Å²) in [5.41, 5.74) is 4.33. The number of benzene rings is 2. The number of fused-ring (bicyclic) bond motifs is 3. The molecule has 1 aliphatic rings. The molecule has 0 bridgehead atoms. The van der Waals surface area contributed by atoms with Gasteiger partial charge in [-0.3, -0.25) is 19.1 Å². The molecular formula is C26H28N2O3. The highest BCUT2D eigenvalue weighted by molar-refractivity contribution is 6.07. The van der Waals surface area contributed by atoms with Crippen molar-refractivity contribution in [1.82, 2.24) is 4.57 Å². The van der Waals surface area contributed by atoms with Crippen LogP contribution in [-0.2, 0) is 22.4 Å². The monoisotopic (exact) mass is 416 g/mol. The standard InChI is InChI=1S/C26H28N2O3/c1-3-5-8-18-11-13-19(14-12-18)25(29)28-23-10-7-6-9-20(23)21-15-16-27-17-22(24(21)28)26(30)31-4-2/h6-7,9-14,17,22H,3-5,8,15-16H2,1-2H3. The zero-order chi connectivity index (χ0) is 21.8. The molecular weight excluding hydrogens is 388 g/mol. The Hall–Kier alpha value is -3.21.